The van der Waals surface area contributed by atoms with Crippen molar-refractivity contribution in [3.05, 3.63) is 98.6 Å². The Balaban J connectivity index is 1.50. The van der Waals surface area contributed by atoms with E-state index in [1.807, 2.05) is 16.2 Å². The van der Waals surface area contributed by atoms with Gasteiger partial charge >= 0.3 is 6.03 Å². The van der Waals surface area contributed by atoms with E-state index in [-0.39, 0.29) is 12.1 Å². The van der Waals surface area contributed by atoms with Gasteiger partial charge in [0, 0.05) is 21.7 Å². The number of fused-ring (bicyclic) bond motifs is 5. The van der Waals surface area contributed by atoms with Crippen molar-refractivity contribution in [2.75, 3.05) is 12.4 Å². The molecule has 0 saturated carbocycles. The highest BCUT2D eigenvalue weighted by molar-refractivity contribution is 7.15. The van der Waals surface area contributed by atoms with E-state index in [0.29, 0.717) is 23.0 Å². The number of urea groups is 1. The molecule has 0 fully saturated rings. The first kappa shape index (κ1) is 23.2. The largest absolute Gasteiger partial charge is 0.495 e. The summed E-state index contributed by atoms with van der Waals surface area (Å²) >= 11 is 8.16. The summed E-state index contributed by atoms with van der Waals surface area (Å²) < 4.78 is 7.81. The van der Waals surface area contributed by atoms with Gasteiger partial charge in [0.25, 0.3) is 0 Å². The first-order valence-corrected chi connectivity index (χ1v) is 13.5. The number of thiophene rings is 1. The van der Waals surface area contributed by atoms with Gasteiger partial charge in [0.1, 0.15) is 10.8 Å². The molecule has 2 aromatic heterocycles. The average Bonchev–Trinajstić information content (AvgIpc) is 3.46. The first-order chi connectivity index (χ1) is 17.5. The standard InChI is InChI=1S/C29H28ClN3O2S/c1-18-7-5-8-19(15-18)27-24-10-6-14-32(24)28-22(21-9-3-4-11-26(21)36-28)17-33(27)29(34)31-23-16-20(30)12-13-25(23)35-2/h5-8,10,12-16,27H,3-4,9,11,17H2,1-2H3,(H,31,34)/t27-/m1/s1. The van der Waals surface area contributed by atoms with Crippen LogP contribution in [-0.4, -0.2) is 22.6 Å². The van der Waals surface area contributed by atoms with E-state index >= 15 is 0 Å². The Hall–Kier alpha value is -3.22. The van der Waals surface area contributed by atoms with Crippen molar-refractivity contribution >= 4 is 34.7 Å². The molecular formula is C29H28ClN3O2S. The second-order valence-electron chi connectivity index (χ2n) is 9.52. The van der Waals surface area contributed by atoms with E-state index < -0.39 is 0 Å². The van der Waals surface area contributed by atoms with Crippen LogP contribution in [0.2, 0.25) is 5.02 Å². The number of amides is 2. The van der Waals surface area contributed by atoms with E-state index in [9.17, 15) is 4.79 Å². The normalized spacial score (nSPS) is 16.5. The van der Waals surface area contributed by atoms with Gasteiger partial charge in [-0.05, 0) is 74.1 Å². The number of carbonyl (C=O) groups excluding carboxylic acids is 1. The molecule has 184 valence electrons. The minimum Gasteiger partial charge on any atom is -0.495 e. The Morgan fingerprint density at radius 1 is 1.08 bits per heavy atom. The van der Waals surface area contributed by atoms with Crippen LogP contribution in [0.15, 0.2) is 60.8 Å². The molecule has 1 atom stereocenters. The summed E-state index contributed by atoms with van der Waals surface area (Å²) in [4.78, 5) is 17.5. The maximum absolute atomic E-state index is 14.1. The molecule has 2 aliphatic rings. The highest BCUT2D eigenvalue weighted by Gasteiger charge is 2.36. The van der Waals surface area contributed by atoms with Crippen LogP contribution in [0.3, 0.4) is 0 Å². The Morgan fingerprint density at radius 3 is 2.78 bits per heavy atom. The minimum absolute atomic E-state index is 0.182. The number of carbonyl (C=O) groups is 1. The topological polar surface area (TPSA) is 46.5 Å². The Labute approximate surface area is 220 Å². The number of ether oxygens (including phenoxy) is 1. The average molecular weight is 518 g/mol. The quantitative estimate of drug-likeness (QED) is 0.305. The van der Waals surface area contributed by atoms with E-state index in [2.05, 4.69) is 59.4 Å². The van der Waals surface area contributed by atoms with E-state index in [1.165, 1.54) is 39.4 Å². The maximum atomic E-state index is 14.1. The second-order valence-corrected chi connectivity index (χ2v) is 11.0. The molecule has 0 unspecified atom stereocenters. The number of methoxy groups -OCH3 is 1. The number of nitrogens with one attached hydrogen (secondary N) is 1. The van der Waals surface area contributed by atoms with Gasteiger partial charge in [0.05, 0.1) is 31.1 Å². The number of hydrogen-bond acceptors (Lipinski definition) is 3. The number of rotatable bonds is 3. The van der Waals surface area contributed by atoms with Gasteiger partial charge < -0.3 is 19.5 Å². The predicted octanol–water partition coefficient (Wildman–Crippen LogP) is 7.53. The summed E-state index contributed by atoms with van der Waals surface area (Å²) in [6, 6.07) is 17.5. The van der Waals surface area contributed by atoms with Gasteiger partial charge in [-0.3, -0.25) is 0 Å². The summed E-state index contributed by atoms with van der Waals surface area (Å²) in [6.45, 7) is 2.63. The smallest absolute Gasteiger partial charge is 0.323 e. The number of halogens is 1. The summed E-state index contributed by atoms with van der Waals surface area (Å²) in [7, 11) is 1.59. The molecule has 2 aromatic carbocycles. The van der Waals surface area contributed by atoms with Gasteiger partial charge in [-0.2, -0.15) is 0 Å². The molecule has 7 heteroatoms. The van der Waals surface area contributed by atoms with Crippen LogP contribution in [0.25, 0.3) is 5.00 Å². The fourth-order valence-corrected chi connectivity index (χ4v) is 7.12. The molecule has 6 rings (SSSR count). The van der Waals surface area contributed by atoms with Crippen molar-refractivity contribution in [1.82, 2.24) is 9.47 Å². The zero-order valence-electron chi connectivity index (χ0n) is 20.4. The third-order valence-electron chi connectivity index (χ3n) is 7.20. The molecule has 1 aliphatic carbocycles. The van der Waals surface area contributed by atoms with Crippen molar-refractivity contribution in [2.45, 2.75) is 45.2 Å². The summed E-state index contributed by atoms with van der Waals surface area (Å²) in [5.74, 6) is 0.576. The number of nitrogens with zero attached hydrogens (tertiary/aromatic N) is 2. The summed E-state index contributed by atoms with van der Waals surface area (Å²) in [5.41, 5.74) is 6.61. The number of anilines is 1. The molecule has 2 amide bonds. The van der Waals surface area contributed by atoms with E-state index in [0.717, 1.165) is 24.1 Å². The van der Waals surface area contributed by atoms with Crippen molar-refractivity contribution in [2.24, 2.45) is 0 Å². The lowest BCUT2D eigenvalue weighted by Crippen LogP contribution is -2.38. The van der Waals surface area contributed by atoms with Crippen LogP contribution in [0.5, 0.6) is 5.75 Å². The van der Waals surface area contributed by atoms with Crippen LogP contribution in [0.1, 0.15) is 51.7 Å². The molecule has 0 spiro atoms. The van der Waals surface area contributed by atoms with E-state index in [4.69, 9.17) is 16.3 Å². The van der Waals surface area contributed by atoms with Crippen molar-refractivity contribution in [3.8, 4) is 10.8 Å². The van der Waals surface area contributed by atoms with Crippen molar-refractivity contribution in [3.63, 3.8) is 0 Å². The molecule has 36 heavy (non-hydrogen) atoms. The predicted molar refractivity (Wildman–Crippen MR) is 146 cm³/mol. The van der Waals surface area contributed by atoms with Crippen LogP contribution in [0.4, 0.5) is 10.5 Å². The maximum Gasteiger partial charge on any atom is 0.323 e. The van der Waals surface area contributed by atoms with Gasteiger partial charge in [-0.1, -0.05) is 41.4 Å². The Morgan fingerprint density at radius 2 is 1.94 bits per heavy atom. The lowest BCUT2D eigenvalue weighted by atomic mass is 9.95. The zero-order valence-corrected chi connectivity index (χ0v) is 22.0. The molecule has 5 nitrogen and oxygen atoms in total. The van der Waals surface area contributed by atoms with Gasteiger partial charge in [0.2, 0.25) is 0 Å². The van der Waals surface area contributed by atoms with Crippen LogP contribution >= 0.6 is 22.9 Å². The fraction of sp³-hybridized carbons (Fsp3) is 0.276. The third kappa shape index (κ3) is 3.98. The zero-order chi connectivity index (χ0) is 24.8. The highest BCUT2D eigenvalue weighted by Crippen LogP contribution is 2.44. The fourth-order valence-electron chi connectivity index (χ4n) is 5.54. The number of aryl methyl sites for hydroxylation is 2. The van der Waals surface area contributed by atoms with Gasteiger partial charge in [-0.15, -0.1) is 11.3 Å². The second kappa shape index (κ2) is 9.34. The molecule has 4 aromatic rings. The molecule has 3 heterocycles. The van der Waals surface area contributed by atoms with Crippen molar-refractivity contribution in [1.29, 1.82) is 0 Å². The summed E-state index contributed by atoms with van der Waals surface area (Å²) in [6.07, 6.45) is 6.76. The third-order valence-corrected chi connectivity index (χ3v) is 8.77. The number of hydrogen-bond donors (Lipinski definition) is 1. The lowest BCUT2D eigenvalue weighted by Gasteiger charge is -2.32. The van der Waals surface area contributed by atoms with Crippen LogP contribution < -0.4 is 10.1 Å². The number of aromatic nitrogens is 1. The lowest BCUT2D eigenvalue weighted by molar-refractivity contribution is 0.194. The SMILES string of the molecule is COc1ccc(Cl)cc1NC(=O)N1Cc2c(sc3c2CCCC3)-n2cccc2[C@H]1c1cccc(C)c1. The molecule has 0 bridgehead atoms. The van der Waals surface area contributed by atoms with Crippen LogP contribution in [0, 0.1) is 6.92 Å². The van der Waals surface area contributed by atoms with E-state index in [1.54, 1.807) is 25.3 Å². The van der Waals surface area contributed by atoms with Gasteiger partial charge in [-0.25, -0.2) is 4.79 Å². The Kier molecular flexibility index (Phi) is 6.02. The monoisotopic (exact) mass is 517 g/mol. The number of benzene rings is 2. The highest BCUT2D eigenvalue weighted by atomic mass is 35.5. The van der Waals surface area contributed by atoms with Crippen molar-refractivity contribution < 1.29 is 9.53 Å². The Bertz CT molecular complexity index is 1460. The first-order valence-electron chi connectivity index (χ1n) is 12.3. The molecule has 0 radical (unpaired) electrons. The minimum atomic E-state index is -0.246. The van der Waals surface area contributed by atoms with Crippen LogP contribution in [-0.2, 0) is 19.4 Å². The molecule has 1 N–H and O–H groups in total. The molecule has 1 aliphatic heterocycles. The molecular weight excluding hydrogens is 490 g/mol. The van der Waals surface area contributed by atoms with Gasteiger partial charge in [0.15, 0.2) is 0 Å². The summed E-state index contributed by atoms with van der Waals surface area (Å²) in [5, 5.41) is 4.90. The molecule has 0 saturated heterocycles.